The Labute approximate surface area is 158 Å². The number of benzene rings is 1. The highest BCUT2D eigenvalue weighted by Gasteiger charge is 2.32. The number of likely N-dealkylation sites (tertiary alicyclic amines) is 2. The second kappa shape index (κ2) is 8.21. The quantitative estimate of drug-likeness (QED) is 0.770. The SMILES string of the molecule is CN(Cc1ccccc1Br)C(=O)C1CCCN(C(=O)N2CCCC2)C1. The van der Waals surface area contributed by atoms with E-state index < -0.39 is 0 Å². The van der Waals surface area contributed by atoms with Crippen molar-refractivity contribution in [3.8, 4) is 0 Å². The van der Waals surface area contributed by atoms with Crippen LogP contribution in [0.15, 0.2) is 28.7 Å². The minimum atomic E-state index is -0.0900. The van der Waals surface area contributed by atoms with Crippen LogP contribution < -0.4 is 0 Å². The number of hydrogen-bond donors (Lipinski definition) is 0. The second-order valence-corrected chi connectivity index (χ2v) is 7.90. The molecule has 0 radical (unpaired) electrons. The summed E-state index contributed by atoms with van der Waals surface area (Å²) in [7, 11) is 1.85. The van der Waals surface area contributed by atoms with Crippen molar-refractivity contribution in [2.45, 2.75) is 32.2 Å². The molecule has 2 heterocycles. The standard InChI is InChI=1S/C19H26BrN3O2/c1-21(13-15-7-2-3-9-17(15)20)18(24)16-8-6-12-23(14-16)19(25)22-10-4-5-11-22/h2-3,7,9,16H,4-6,8,10-14H2,1H3. The molecule has 0 bridgehead atoms. The van der Waals surface area contributed by atoms with Gasteiger partial charge in [0.25, 0.3) is 0 Å². The minimum Gasteiger partial charge on any atom is -0.341 e. The van der Waals surface area contributed by atoms with Crippen molar-refractivity contribution < 1.29 is 9.59 Å². The Kier molecular flexibility index (Phi) is 5.99. The van der Waals surface area contributed by atoms with Crippen molar-refractivity contribution in [1.29, 1.82) is 0 Å². The van der Waals surface area contributed by atoms with Crippen LogP contribution in [-0.2, 0) is 11.3 Å². The normalized spacial score (nSPS) is 20.6. The zero-order valence-electron chi connectivity index (χ0n) is 14.8. The first-order valence-electron chi connectivity index (χ1n) is 9.08. The maximum Gasteiger partial charge on any atom is 0.320 e. The summed E-state index contributed by atoms with van der Waals surface area (Å²) in [5.41, 5.74) is 1.10. The van der Waals surface area contributed by atoms with E-state index in [1.54, 1.807) is 4.90 Å². The molecule has 6 heteroatoms. The molecule has 0 saturated carbocycles. The fourth-order valence-electron chi connectivity index (χ4n) is 3.73. The summed E-state index contributed by atoms with van der Waals surface area (Å²) in [4.78, 5) is 31.1. The van der Waals surface area contributed by atoms with Gasteiger partial charge in [-0.05, 0) is 37.3 Å². The van der Waals surface area contributed by atoms with Gasteiger partial charge in [-0.15, -0.1) is 0 Å². The highest BCUT2D eigenvalue weighted by molar-refractivity contribution is 9.10. The molecule has 136 valence electrons. The van der Waals surface area contributed by atoms with Gasteiger partial charge in [0.1, 0.15) is 0 Å². The van der Waals surface area contributed by atoms with Gasteiger partial charge in [-0.25, -0.2) is 4.79 Å². The Morgan fingerprint density at radius 1 is 1.12 bits per heavy atom. The number of carbonyl (C=O) groups is 2. The van der Waals surface area contributed by atoms with Gasteiger partial charge in [0.2, 0.25) is 5.91 Å². The molecular weight excluding hydrogens is 382 g/mol. The molecule has 2 fully saturated rings. The third kappa shape index (κ3) is 4.35. The first kappa shape index (κ1) is 18.2. The summed E-state index contributed by atoms with van der Waals surface area (Å²) in [6, 6.07) is 8.08. The van der Waals surface area contributed by atoms with Gasteiger partial charge < -0.3 is 14.7 Å². The average Bonchev–Trinajstić information content (AvgIpc) is 3.17. The summed E-state index contributed by atoms with van der Waals surface area (Å²) in [6.07, 6.45) is 3.95. The van der Waals surface area contributed by atoms with E-state index in [9.17, 15) is 9.59 Å². The monoisotopic (exact) mass is 407 g/mol. The summed E-state index contributed by atoms with van der Waals surface area (Å²) in [6.45, 7) is 3.62. The van der Waals surface area contributed by atoms with Crippen LogP contribution in [0, 0.1) is 5.92 Å². The molecule has 1 aromatic carbocycles. The molecule has 2 aliphatic rings. The van der Waals surface area contributed by atoms with Crippen molar-refractivity contribution >= 4 is 27.9 Å². The largest absolute Gasteiger partial charge is 0.341 e. The molecule has 1 unspecified atom stereocenters. The highest BCUT2D eigenvalue weighted by atomic mass is 79.9. The molecule has 0 aliphatic carbocycles. The maximum absolute atomic E-state index is 12.9. The Balaban J connectivity index is 1.59. The third-order valence-electron chi connectivity index (χ3n) is 5.16. The lowest BCUT2D eigenvalue weighted by Gasteiger charge is -2.36. The lowest BCUT2D eigenvalue weighted by atomic mass is 9.96. The van der Waals surface area contributed by atoms with Gasteiger partial charge in [0.15, 0.2) is 0 Å². The lowest BCUT2D eigenvalue weighted by molar-refractivity contribution is -0.136. The lowest BCUT2D eigenvalue weighted by Crippen LogP contribution is -2.49. The first-order valence-corrected chi connectivity index (χ1v) is 9.88. The maximum atomic E-state index is 12.9. The molecule has 0 N–H and O–H groups in total. The average molecular weight is 408 g/mol. The van der Waals surface area contributed by atoms with Crippen LogP contribution in [-0.4, -0.2) is 59.9 Å². The number of urea groups is 1. The fourth-order valence-corrected chi connectivity index (χ4v) is 4.14. The molecule has 3 amide bonds. The minimum absolute atomic E-state index is 0.0900. The molecule has 5 nitrogen and oxygen atoms in total. The predicted octanol–water partition coefficient (Wildman–Crippen LogP) is 3.34. The van der Waals surface area contributed by atoms with E-state index in [4.69, 9.17) is 0 Å². The van der Waals surface area contributed by atoms with Crippen LogP contribution in [0.5, 0.6) is 0 Å². The number of carbonyl (C=O) groups excluding carboxylic acids is 2. The van der Waals surface area contributed by atoms with Crippen LogP contribution in [0.2, 0.25) is 0 Å². The van der Waals surface area contributed by atoms with Crippen LogP contribution in [0.3, 0.4) is 0 Å². The Morgan fingerprint density at radius 3 is 2.52 bits per heavy atom. The van der Waals surface area contributed by atoms with Crippen molar-refractivity contribution in [3.05, 3.63) is 34.3 Å². The zero-order chi connectivity index (χ0) is 17.8. The molecule has 2 aliphatic heterocycles. The van der Waals surface area contributed by atoms with Gasteiger partial charge in [0, 0.05) is 44.2 Å². The molecule has 0 spiro atoms. The molecule has 3 rings (SSSR count). The number of piperidine rings is 1. The van der Waals surface area contributed by atoms with E-state index in [-0.39, 0.29) is 17.9 Å². The number of halogens is 1. The summed E-state index contributed by atoms with van der Waals surface area (Å²) >= 11 is 3.54. The number of hydrogen-bond acceptors (Lipinski definition) is 2. The van der Waals surface area contributed by atoms with E-state index in [2.05, 4.69) is 15.9 Å². The Bertz CT molecular complexity index is 631. The van der Waals surface area contributed by atoms with Gasteiger partial charge >= 0.3 is 6.03 Å². The number of nitrogens with zero attached hydrogens (tertiary/aromatic N) is 3. The predicted molar refractivity (Wildman–Crippen MR) is 101 cm³/mol. The van der Waals surface area contributed by atoms with Gasteiger partial charge in [-0.3, -0.25) is 4.79 Å². The summed E-state index contributed by atoms with van der Waals surface area (Å²) < 4.78 is 1.02. The summed E-state index contributed by atoms with van der Waals surface area (Å²) in [5, 5.41) is 0. The smallest absolute Gasteiger partial charge is 0.320 e. The van der Waals surface area contributed by atoms with Crippen LogP contribution in [0.4, 0.5) is 4.79 Å². The summed E-state index contributed by atoms with van der Waals surface area (Å²) in [5.74, 6) is 0.0439. The van der Waals surface area contributed by atoms with Crippen LogP contribution in [0.25, 0.3) is 0 Å². The van der Waals surface area contributed by atoms with Crippen molar-refractivity contribution in [2.75, 3.05) is 33.2 Å². The van der Waals surface area contributed by atoms with E-state index in [1.165, 1.54) is 0 Å². The van der Waals surface area contributed by atoms with Crippen molar-refractivity contribution in [2.24, 2.45) is 5.92 Å². The molecule has 25 heavy (non-hydrogen) atoms. The van der Waals surface area contributed by atoms with Crippen LogP contribution >= 0.6 is 15.9 Å². The fraction of sp³-hybridized carbons (Fsp3) is 0.579. The topological polar surface area (TPSA) is 43.9 Å². The van der Waals surface area contributed by atoms with E-state index in [1.807, 2.05) is 41.1 Å². The molecule has 1 aromatic rings. The Hall–Kier alpha value is -1.56. The molecular formula is C19H26BrN3O2. The van der Waals surface area contributed by atoms with Crippen molar-refractivity contribution in [1.82, 2.24) is 14.7 Å². The molecule has 2 saturated heterocycles. The van der Waals surface area contributed by atoms with Gasteiger partial charge in [-0.1, -0.05) is 34.1 Å². The van der Waals surface area contributed by atoms with Gasteiger partial charge in [0.05, 0.1) is 5.92 Å². The number of amides is 3. The molecule has 0 aromatic heterocycles. The van der Waals surface area contributed by atoms with E-state index in [0.717, 1.165) is 55.4 Å². The van der Waals surface area contributed by atoms with Gasteiger partial charge in [-0.2, -0.15) is 0 Å². The highest BCUT2D eigenvalue weighted by Crippen LogP contribution is 2.23. The van der Waals surface area contributed by atoms with E-state index in [0.29, 0.717) is 13.1 Å². The third-order valence-corrected chi connectivity index (χ3v) is 5.93. The van der Waals surface area contributed by atoms with Crippen molar-refractivity contribution in [3.63, 3.8) is 0 Å². The first-order chi connectivity index (χ1) is 12.1. The van der Waals surface area contributed by atoms with Crippen LogP contribution in [0.1, 0.15) is 31.2 Å². The zero-order valence-corrected chi connectivity index (χ0v) is 16.4. The number of rotatable bonds is 3. The van der Waals surface area contributed by atoms with E-state index >= 15 is 0 Å². The second-order valence-electron chi connectivity index (χ2n) is 7.05. The Morgan fingerprint density at radius 2 is 1.80 bits per heavy atom. The molecule has 1 atom stereocenters.